The first-order chi connectivity index (χ1) is 18.2. The van der Waals surface area contributed by atoms with Crippen molar-refractivity contribution >= 4 is 29.6 Å². The van der Waals surface area contributed by atoms with Crippen LogP contribution in [0.3, 0.4) is 0 Å². The van der Waals surface area contributed by atoms with Gasteiger partial charge in [-0.05, 0) is 42.5 Å². The van der Waals surface area contributed by atoms with Gasteiger partial charge in [-0.1, -0.05) is 42.5 Å². The highest BCUT2D eigenvalue weighted by Gasteiger charge is 2.37. The molecule has 1 fully saturated rings. The lowest BCUT2D eigenvalue weighted by molar-refractivity contribution is -0.141. The lowest BCUT2D eigenvalue weighted by Crippen LogP contribution is -2.54. The van der Waals surface area contributed by atoms with Gasteiger partial charge in [0.25, 0.3) is 0 Å². The Hall–Kier alpha value is -4.21. The van der Waals surface area contributed by atoms with Crippen molar-refractivity contribution in [2.75, 3.05) is 13.1 Å². The van der Waals surface area contributed by atoms with E-state index in [0.717, 1.165) is 11.1 Å². The maximum atomic E-state index is 13.5. The predicted molar refractivity (Wildman–Crippen MR) is 140 cm³/mol. The van der Waals surface area contributed by atoms with E-state index in [1.165, 1.54) is 11.8 Å². The third-order valence-corrected chi connectivity index (χ3v) is 6.25. The van der Waals surface area contributed by atoms with Crippen molar-refractivity contribution in [2.45, 2.75) is 57.5 Å². The Bertz CT molecular complexity index is 1140. The minimum atomic E-state index is -0.873. The number of nitrogens with zero attached hydrogens (tertiary/aromatic N) is 1. The second kappa shape index (κ2) is 13.9. The van der Waals surface area contributed by atoms with Gasteiger partial charge in [-0.2, -0.15) is 0 Å². The SMILES string of the molecule is CC(=O)Oc1ccc(CCNC(=O)[C@@H]2CCCN2C(=O)[C@H](Cc2ccccc2)NC(=O)CCC(N)=O)cc1. The van der Waals surface area contributed by atoms with E-state index in [2.05, 4.69) is 10.6 Å². The molecular weight excluding hydrogens is 488 g/mol. The summed E-state index contributed by atoms with van der Waals surface area (Å²) >= 11 is 0. The van der Waals surface area contributed by atoms with Gasteiger partial charge in [0.05, 0.1) is 0 Å². The molecule has 0 spiro atoms. The molecule has 0 unspecified atom stereocenters. The van der Waals surface area contributed by atoms with Gasteiger partial charge in [-0.3, -0.25) is 24.0 Å². The standard InChI is InChI=1S/C28H34N4O6/c1-19(33)38-22-11-9-20(10-12-22)15-16-30-27(36)24-8-5-17-32(24)28(37)23(18-21-6-3-2-4-7-21)31-26(35)14-13-25(29)34/h2-4,6-7,9-12,23-24H,5,8,13-18H2,1H3,(H2,29,34)(H,30,36)(H,31,35)/t23-,24-/m0/s1. The van der Waals surface area contributed by atoms with E-state index in [9.17, 15) is 24.0 Å². The highest BCUT2D eigenvalue weighted by Crippen LogP contribution is 2.20. The molecule has 202 valence electrons. The van der Waals surface area contributed by atoms with Crippen LogP contribution < -0.4 is 21.1 Å². The highest BCUT2D eigenvalue weighted by molar-refractivity contribution is 5.93. The lowest BCUT2D eigenvalue weighted by Gasteiger charge is -2.29. The van der Waals surface area contributed by atoms with Crippen molar-refractivity contribution in [3.8, 4) is 5.75 Å². The molecule has 0 saturated carbocycles. The third-order valence-electron chi connectivity index (χ3n) is 6.25. The van der Waals surface area contributed by atoms with Crippen molar-refractivity contribution in [3.05, 3.63) is 65.7 Å². The molecule has 4 N–H and O–H groups in total. The summed E-state index contributed by atoms with van der Waals surface area (Å²) in [5.41, 5.74) is 6.97. The zero-order valence-electron chi connectivity index (χ0n) is 21.5. The molecule has 3 rings (SSSR count). The van der Waals surface area contributed by atoms with Crippen molar-refractivity contribution in [3.63, 3.8) is 0 Å². The molecule has 2 atom stereocenters. The van der Waals surface area contributed by atoms with E-state index in [1.54, 1.807) is 12.1 Å². The smallest absolute Gasteiger partial charge is 0.308 e. The number of hydrogen-bond donors (Lipinski definition) is 3. The fraction of sp³-hybridized carbons (Fsp3) is 0.393. The molecule has 0 radical (unpaired) electrons. The lowest BCUT2D eigenvalue weighted by atomic mass is 10.0. The van der Waals surface area contributed by atoms with Crippen LogP contribution in [-0.2, 0) is 36.8 Å². The van der Waals surface area contributed by atoms with Gasteiger partial charge in [-0.15, -0.1) is 0 Å². The van der Waals surface area contributed by atoms with Crippen molar-refractivity contribution in [1.82, 2.24) is 15.5 Å². The number of amides is 4. The van der Waals surface area contributed by atoms with Gasteiger partial charge in [0.1, 0.15) is 17.8 Å². The van der Waals surface area contributed by atoms with Crippen LogP contribution in [0.1, 0.15) is 43.7 Å². The van der Waals surface area contributed by atoms with Crippen LogP contribution in [0, 0.1) is 0 Å². The Morgan fingerprint density at radius 2 is 1.71 bits per heavy atom. The van der Waals surface area contributed by atoms with Crippen molar-refractivity contribution < 1.29 is 28.7 Å². The average Bonchev–Trinajstić information content (AvgIpc) is 3.38. The van der Waals surface area contributed by atoms with Gasteiger partial charge in [0, 0.05) is 39.3 Å². The number of esters is 1. The summed E-state index contributed by atoms with van der Waals surface area (Å²) < 4.78 is 5.03. The fourth-order valence-corrected chi connectivity index (χ4v) is 4.39. The number of benzene rings is 2. The van der Waals surface area contributed by atoms with Crippen LogP contribution in [0.2, 0.25) is 0 Å². The van der Waals surface area contributed by atoms with Crippen molar-refractivity contribution in [1.29, 1.82) is 0 Å². The number of nitrogens with one attached hydrogen (secondary N) is 2. The quantitative estimate of drug-likeness (QED) is 0.282. The highest BCUT2D eigenvalue weighted by atomic mass is 16.5. The summed E-state index contributed by atoms with van der Waals surface area (Å²) in [5, 5.41) is 5.65. The van der Waals surface area contributed by atoms with Gasteiger partial charge < -0.3 is 26.0 Å². The third kappa shape index (κ3) is 8.72. The monoisotopic (exact) mass is 522 g/mol. The summed E-state index contributed by atoms with van der Waals surface area (Å²) in [4.78, 5) is 62.6. The molecule has 1 saturated heterocycles. The maximum absolute atomic E-state index is 13.5. The van der Waals surface area contributed by atoms with Gasteiger partial charge in [-0.25, -0.2) is 0 Å². The molecule has 0 bridgehead atoms. The largest absolute Gasteiger partial charge is 0.427 e. The molecule has 2 aromatic rings. The molecule has 2 aromatic carbocycles. The average molecular weight is 523 g/mol. The second-order valence-corrected chi connectivity index (χ2v) is 9.24. The van der Waals surface area contributed by atoms with E-state index < -0.39 is 29.9 Å². The zero-order chi connectivity index (χ0) is 27.5. The number of hydrogen-bond acceptors (Lipinski definition) is 6. The number of nitrogens with two attached hydrogens (primary N) is 1. The Morgan fingerprint density at radius 1 is 1.00 bits per heavy atom. The van der Waals surface area contributed by atoms with Gasteiger partial charge >= 0.3 is 5.97 Å². The van der Waals surface area contributed by atoms with Crippen LogP contribution in [0.25, 0.3) is 0 Å². The number of carbonyl (C=O) groups is 5. The fourth-order valence-electron chi connectivity index (χ4n) is 4.39. The molecular formula is C28H34N4O6. The Morgan fingerprint density at radius 3 is 2.37 bits per heavy atom. The predicted octanol–water partition coefficient (Wildman–Crippen LogP) is 1.25. The minimum absolute atomic E-state index is 0.111. The van der Waals surface area contributed by atoms with Crippen LogP contribution in [-0.4, -0.2) is 59.7 Å². The first-order valence-electron chi connectivity index (χ1n) is 12.7. The topological polar surface area (TPSA) is 148 Å². The van der Waals surface area contributed by atoms with Crippen LogP contribution in [0.4, 0.5) is 0 Å². The number of ether oxygens (including phenoxy) is 1. The van der Waals surface area contributed by atoms with Gasteiger partial charge in [0.15, 0.2) is 0 Å². The number of carbonyl (C=O) groups excluding carboxylic acids is 5. The molecule has 38 heavy (non-hydrogen) atoms. The van der Waals surface area contributed by atoms with Crippen LogP contribution in [0.5, 0.6) is 5.75 Å². The van der Waals surface area contributed by atoms with Crippen molar-refractivity contribution in [2.24, 2.45) is 5.73 Å². The van der Waals surface area contributed by atoms with E-state index >= 15 is 0 Å². The van der Waals surface area contributed by atoms with Crippen LogP contribution in [0.15, 0.2) is 54.6 Å². The Kier molecular flexibility index (Phi) is 10.4. The first kappa shape index (κ1) is 28.4. The van der Waals surface area contributed by atoms with E-state index in [0.29, 0.717) is 38.1 Å². The van der Waals surface area contributed by atoms with E-state index in [-0.39, 0.29) is 31.1 Å². The first-order valence-corrected chi connectivity index (χ1v) is 12.7. The summed E-state index contributed by atoms with van der Waals surface area (Å²) in [6.45, 7) is 2.13. The zero-order valence-corrected chi connectivity index (χ0v) is 21.5. The summed E-state index contributed by atoms with van der Waals surface area (Å²) in [6.07, 6.45) is 1.81. The summed E-state index contributed by atoms with van der Waals surface area (Å²) in [5.74, 6) is -1.55. The van der Waals surface area contributed by atoms with Crippen LogP contribution >= 0.6 is 0 Å². The number of likely N-dealkylation sites (tertiary alicyclic amines) is 1. The Balaban J connectivity index is 1.60. The molecule has 1 aliphatic rings. The Labute approximate surface area is 221 Å². The summed E-state index contributed by atoms with van der Waals surface area (Å²) in [7, 11) is 0. The molecule has 0 aliphatic carbocycles. The molecule has 10 heteroatoms. The van der Waals surface area contributed by atoms with Gasteiger partial charge in [0.2, 0.25) is 23.6 Å². The normalized spacial score (nSPS) is 15.4. The maximum Gasteiger partial charge on any atom is 0.308 e. The molecule has 0 aromatic heterocycles. The second-order valence-electron chi connectivity index (χ2n) is 9.24. The van der Waals surface area contributed by atoms with E-state index in [1.807, 2.05) is 42.5 Å². The number of primary amides is 1. The van der Waals surface area contributed by atoms with E-state index in [4.69, 9.17) is 10.5 Å². The number of rotatable bonds is 12. The minimum Gasteiger partial charge on any atom is -0.427 e. The molecule has 1 aliphatic heterocycles. The molecule has 1 heterocycles. The molecule has 10 nitrogen and oxygen atoms in total. The summed E-state index contributed by atoms with van der Waals surface area (Å²) in [6, 6.07) is 14.8. The molecule has 4 amide bonds.